The Balaban J connectivity index is 1.85. The van der Waals surface area contributed by atoms with Gasteiger partial charge < -0.3 is 10.1 Å². The lowest BCUT2D eigenvalue weighted by molar-refractivity contribution is 0.251. The number of rotatable bonds is 6. The fraction of sp³-hybridized carbons (Fsp3) is 0.571. The van der Waals surface area contributed by atoms with Crippen molar-refractivity contribution in [1.29, 1.82) is 0 Å². The van der Waals surface area contributed by atoms with Gasteiger partial charge in [-0.3, -0.25) is 0 Å². The topological polar surface area (TPSA) is 21.3 Å². The van der Waals surface area contributed by atoms with Crippen LogP contribution < -0.4 is 10.1 Å². The molecule has 1 atom stereocenters. The molecule has 2 nitrogen and oxygen atoms in total. The zero-order valence-electron chi connectivity index (χ0n) is 10.2. The summed E-state index contributed by atoms with van der Waals surface area (Å²) in [6.45, 7) is 6.07. The lowest BCUT2D eigenvalue weighted by Crippen LogP contribution is -2.36. The number of hydrogen-bond acceptors (Lipinski definition) is 2. The summed E-state index contributed by atoms with van der Waals surface area (Å²) in [4.78, 5) is 0. The molecule has 0 spiro atoms. The van der Waals surface area contributed by atoms with Gasteiger partial charge >= 0.3 is 0 Å². The molecule has 0 aliphatic heterocycles. The van der Waals surface area contributed by atoms with Gasteiger partial charge in [0.05, 0.1) is 0 Å². The summed E-state index contributed by atoms with van der Waals surface area (Å²) in [6.07, 6.45) is 2.71. The van der Waals surface area contributed by atoms with E-state index < -0.39 is 0 Å². The molecule has 0 heterocycles. The third kappa shape index (κ3) is 3.24. The summed E-state index contributed by atoms with van der Waals surface area (Å²) < 4.78 is 5.84. The maximum absolute atomic E-state index is 5.84. The van der Waals surface area contributed by atoms with Crippen molar-refractivity contribution in [2.24, 2.45) is 5.92 Å². The molecule has 1 aliphatic rings. The second kappa shape index (κ2) is 5.35. The van der Waals surface area contributed by atoms with E-state index in [1.54, 1.807) is 0 Å². The van der Waals surface area contributed by atoms with E-state index in [0.29, 0.717) is 6.04 Å². The van der Waals surface area contributed by atoms with Crippen molar-refractivity contribution in [2.75, 3.05) is 13.2 Å². The number of hydrogen-bond donors (Lipinski definition) is 1. The van der Waals surface area contributed by atoms with Gasteiger partial charge in [-0.05, 0) is 49.9 Å². The van der Waals surface area contributed by atoms with Gasteiger partial charge in [0.2, 0.25) is 0 Å². The molecule has 2 rings (SSSR count). The Morgan fingerprint density at radius 2 is 2.25 bits per heavy atom. The lowest BCUT2D eigenvalue weighted by atomic mass is 10.2. The second-order valence-corrected chi connectivity index (χ2v) is 4.63. The number of ether oxygens (including phenoxy) is 1. The van der Waals surface area contributed by atoms with E-state index in [2.05, 4.69) is 31.3 Å². The molecular formula is C14H21NO. The fourth-order valence-corrected chi connectivity index (χ4v) is 2.01. The molecule has 1 aromatic rings. The van der Waals surface area contributed by atoms with Crippen molar-refractivity contribution in [3.63, 3.8) is 0 Å². The van der Waals surface area contributed by atoms with Crippen LogP contribution in [0.5, 0.6) is 5.75 Å². The van der Waals surface area contributed by atoms with Crippen molar-refractivity contribution in [3.05, 3.63) is 29.8 Å². The van der Waals surface area contributed by atoms with Gasteiger partial charge in [-0.25, -0.2) is 0 Å². The average Bonchev–Trinajstić information content (AvgIpc) is 3.08. The average molecular weight is 219 g/mol. The van der Waals surface area contributed by atoms with Gasteiger partial charge in [0.15, 0.2) is 0 Å². The largest absolute Gasteiger partial charge is 0.492 e. The van der Waals surface area contributed by atoms with Crippen molar-refractivity contribution in [1.82, 2.24) is 5.32 Å². The lowest BCUT2D eigenvalue weighted by Gasteiger charge is -2.18. The predicted molar refractivity (Wildman–Crippen MR) is 66.9 cm³/mol. The molecule has 1 aromatic carbocycles. The first-order chi connectivity index (χ1) is 7.79. The molecule has 0 saturated heterocycles. The fourth-order valence-electron chi connectivity index (χ4n) is 2.01. The van der Waals surface area contributed by atoms with Crippen LogP contribution >= 0.6 is 0 Å². The minimum Gasteiger partial charge on any atom is -0.492 e. The van der Waals surface area contributed by atoms with Crippen molar-refractivity contribution in [3.8, 4) is 5.75 Å². The molecule has 16 heavy (non-hydrogen) atoms. The molecule has 1 aliphatic carbocycles. The highest BCUT2D eigenvalue weighted by Crippen LogP contribution is 2.32. The maximum Gasteiger partial charge on any atom is 0.119 e. The first-order valence-electron chi connectivity index (χ1n) is 6.22. The van der Waals surface area contributed by atoms with Crippen LogP contribution in [0.3, 0.4) is 0 Å². The Morgan fingerprint density at radius 3 is 2.88 bits per heavy atom. The molecule has 0 aromatic heterocycles. The zero-order chi connectivity index (χ0) is 11.4. The number of likely N-dealkylation sites (N-methyl/N-ethyl adjacent to an activating group) is 1. The zero-order valence-corrected chi connectivity index (χ0v) is 10.2. The van der Waals surface area contributed by atoms with Crippen LogP contribution in [0.1, 0.15) is 25.3 Å². The summed E-state index contributed by atoms with van der Waals surface area (Å²) >= 11 is 0. The summed E-state index contributed by atoms with van der Waals surface area (Å²) in [6, 6.07) is 8.80. The monoisotopic (exact) mass is 219 g/mol. The summed E-state index contributed by atoms with van der Waals surface area (Å²) in [5, 5.41) is 3.50. The minimum absolute atomic E-state index is 0.533. The minimum atomic E-state index is 0.533. The molecule has 0 bridgehead atoms. The van der Waals surface area contributed by atoms with Gasteiger partial charge in [0, 0.05) is 6.04 Å². The van der Waals surface area contributed by atoms with E-state index in [0.717, 1.165) is 24.8 Å². The van der Waals surface area contributed by atoms with Gasteiger partial charge in [-0.15, -0.1) is 0 Å². The molecular weight excluding hydrogens is 198 g/mol. The first-order valence-corrected chi connectivity index (χ1v) is 6.22. The Kier molecular flexibility index (Phi) is 3.83. The number of nitrogens with one attached hydrogen (secondary N) is 1. The summed E-state index contributed by atoms with van der Waals surface area (Å²) in [7, 11) is 0. The molecule has 1 fully saturated rings. The highest BCUT2D eigenvalue weighted by atomic mass is 16.5. The first kappa shape index (κ1) is 11.5. The summed E-state index contributed by atoms with van der Waals surface area (Å²) in [5.74, 6) is 1.83. The summed E-state index contributed by atoms with van der Waals surface area (Å²) in [5.41, 5.74) is 1.25. The predicted octanol–water partition coefficient (Wildman–Crippen LogP) is 2.76. The van der Waals surface area contributed by atoms with Crippen molar-refractivity contribution in [2.45, 2.75) is 32.7 Å². The molecule has 1 saturated carbocycles. The standard InChI is InChI=1S/C14H21NO/c1-3-15-14(12-7-8-12)10-16-13-6-4-5-11(2)9-13/h4-6,9,12,14-15H,3,7-8,10H2,1-2H3. The van der Waals surface area contributed by atoms with Crippen LogP contribution in [-0.4, -0.2) is 19.2 Å². The Hall–Kier alpha value is -1.02. The van der Waals surface area contributed by atoms with Crippen molar-refractivity contribution >= 4 is 0 Å². The Labute approximate surface area is 98.0 Å². The van der Waals surface area contributed by atoms with Crippen LogP contribution in [-0.2, 0) is 0 Å². The van der Waals surface area contributed by atoms with E-state index in [1.165, 1.54) is 18.4 Å². The van der Waals surface area contributed by atoms with Crippen molar-refractivity contribution < 1.29 is 4.74 Å². The van der Waals surface area contributed by atoms with Crippen LogP contribution in [0, 0.1) is 12.8 Å². The number of aryl methyl sites for hydroxylation is 1. The third-order valence-corrected chi connectivity index (χ3v) is 3.08. The second-order valence-electron chi connectivity index (χ2n) is 4.63. The van der Waals surface area contributed by atoms with E-state index in [9.17, 15) is 0 Å². The van der Waals surface area contributed by atoms with Crippen LogP contribution in [0.4, 0.5) is 0 Å². The molecule has 1 N–H and O–H groups in total. The normalized spacial score (nSPS) is 17.1. The van der Waals surface area contributed by atoms with Crippen LogP contribution in [0.25, 0.3) is 0 Å². The van der Waals surface area contributed by atoms with E-state index >= 15 is 0 Å². The molecule has 0 amide bonds. The molecule has 0 radical (unpaired) electrons. The Morgan fingerprint density at radius 1 is 1.44 bits per heavy atom. The smallest absolute Gasteiger partial charge is 0.119 e. The molecule has 1 unspecified atom stereocenters. The molecule has 2 heteroatoms. The highest BCUT2D eigenvalue weighted by Gasteiger charge is 2.30. The maximum atomic E-state index is 5.84. The van der Waals surface area contributed by atoms with E-state index in [1.807, 2.05) is 12.1 Å². The van der Waals surface area contributed by atoms with Crippen LogP contribution in [0.2, 0.25) is 0 Å². The van der Waals surface area contributed by atoms with E-state index in [4.69, 9.17) is 4.74 Å². The van der Waals surface area contributed by atoms with Crippen LogP contribution in [0.15, 0.2) is 24.3 Å². The van der Waals surface area contributed by atoms with Gasteiger partial charge in [0.25, 0.3) is 0 Å². The SMILES string of the molecule is CCNC(COc1cccc(C)c1)C1CC1. The van der Waals surface area contributed by atoms with E-state index in [-0.39, 0.29) is 0 Å². The van der Waals surface area contributed by atoms with Gasteiger partial charge in [0.1, 0.15) is 12.4 Å². The quantitative estimate of drug-likeness (QED) is 0.794. The Bertz CT molecular complexity index is 333. The third-order valence-electron chi connectivity index (χ3n) is 3.08. The highest BCUT2D eigenvalue weighted by molar-refractivity contribution is 5.27. The molecule has 88 valence electrons. The number of benzene rings is 1. The van der Waals surface area contributed by atoms with Gasteiger partial charge in [-0.2, -0.15) is 0 Å². The van der Waals surface area contributed by atoms with Gasteiger partial charge in [-0.1, -0.05) is 19.1 Å².